The Hall–Kier alpha value is -1.85. The predicted molar refractivity (Wildman–Crippen MR) is 101 cm³/mol. The van der Waals surface area contributed by atoms with Crippen LogP contribution in [0.5, 0.6) is 0 Å². The van der Waals surface area contributed by atoms with E-state index in [2.05, 4.69) is 28.7 Å². The number of hydrogen-bond acceptors (Lipinski definition) is 3. The molecule has 0 aliphatic carbocycles. The second-order valence-electron chi connectivity index (χ2n) is 6.53. The fraction of sp³-hybridized carbons (Fsp3) is 0.444. The molecular weight excluding hydrogens is 324 g/mol. The third kappa shape index (κ3) is 5.08. The summed E-state index contributed by atoms with van der Waals surface area (Å²) in [5, 5.41) is 2.89. The molecular formula is C18H27ClN4O. The van der Waals surface area contributed by atoms with Gasteiger partial charge in [-0.2, -0.15) is 0 Å². The number of aromatic nitrogens is 2. The second-order valence-corrected chi connectivity index (χ2v) is 6.53. The highest BCUT2D eigenvalue weighted by atomic mass is 35.5. The van der Waals surface area contributed by atoms with E-state index in [1.54, 1.807) is 0 Å². The van der Waals surface area contributed by atoms with Crippen LogP contribution in [0, 0.1) is 5.92 Å². The minimum atomic E-state index is -0.500. The van der Waals surface area contributed by atoms with Crippen LogP contribution in [0.1, 0.15) is 45.0 Å². The Labute approximate surface area is 150 Å². The fourth-order valence-electron chi connectivity index (χ4n) is 2.43. The average molecular weight is 351 g/mol. The molecule has 1 heterocycles. The Bertz CT molecular complexity index is 667. The van der Waals surface area contributed by atoms with E-state index in [4.69, 9.17) is 5.73 Å². The highest BCUT2D eigenvalue weighted by molar-refractivity contribution is 5.94. The van der Waals surface area contributed by atoms with Gasteiger partial charge < -0.3 is 15.6 Å². The Morgan fingerprint density at radius 2 is 2.00 bits per heavy atom. The molecule has 1 atom stereocenters. The van der Waals surface area contributed by atoms with E-state index in [0.29, 0.717) is 5.92 Å². The van der Waals surface area contributed by atoms with Crippen molar-refractivity contribution < 1.29 is 4.79 Å². The predicted octanol–water partition coefficient (Wildman–Crippen LogP) is 3.40. The third-order valence-electron chi connectivity index (χ3n) is 3.83. The van der Waals surface area contributed by atoms with E-state index in [9.17, 15) is 4.79 Å². The van der Waals surface area contributed by atoms with Gasteiger partial charge in [0.15, 0.2) is 0 Å². The molecule has 0 saturated heterocycles. The lowest BCUT2D eigenvalue weighted by atomic mass is 10.0. The van der Waals surface area contributed by atoms with Gasteiger partial charge in [-0.1, -0.05) is 39.8 Å². The first-order chi connectivity index (χ1) is 10.9. The summed E-state index contributed by atoms with van der Waals surface area (Å²) in [7, 11) is 0. The molecule has 0 spiro atoms. The Balaban J connectivity index is 0.00000288. The topological polar surface area (TPSA) is 72.9 Å². The number of hydrogen-bond donors (Lipinski definition) is 2. The number of imidazole rings is 1. The van der Waals surface area contributed by atoms with Gasteiger partial charge in [0.05, 0.1) is 6.04 Å². The normalized spacial score (nSPS) is 12.1. The van der Waals surface area contributed by atoms with Crippen molar-refractivity contribution in [2.24, 2.45) is 11.7 Å². The first kappa shape index (κ1) is 20.2. The number of halogens is 1. The fourth-order valence-corrected chi connectivity index (χ4v) is 2.43. The molecule has 1 aromatic heterocycles. The maximum absolute atomic E-state index is 12.1. The largest absolute Gasteiger partial charge is 0.330 e. The number of benzene rings is 1. The molecule has 1 aromatic carbocycles. The van der Waals surface area contributed by atoms with E-state index in [1.165, 1.54) is 0 Å². The van der Waals surface area contributed by atoms with Gasteiger partial charge >= 0.3 is 0 Å². The maximum Gasteiger partial charge on any atom is 0.241 e. The van der Waals surface area contributed by atoms with Gasteiger partial charge in [-0.3, -0.25) is 4.79 Å². The van der Waals surface area contributed by atoms with Gasteiger partial charge in [0.25, 0.3) is 0 Å². The molecule has 5 nitrogen and oxygen atoms in total. The van der Waals surface area contributed by atoms with Gasteiger partial charge in [0.1, 0.15) is 5.82 Å². The van der Waals surface area contributed by atoms with Crippen molar-refractivity contribution in [3.8, 4) is 0 Å². The van der Waals surface area contributed by atoms with Crippen LogP contribution >= 0.6 is 12.4 Å². The summed E-state index contributed by atoms with van der Waals surface area (Å²) in [5.41, 5.74) is 7.77. The molecule has 0 unspecified atom stereocenters. The van der Waals surface area contributed by atoms with Crippen molar-refractivity contribution in [1.82, 2.24) is 9.55 Å². The lowest BCUT2D eigenvalue weighted by Crippen LogP contribution is -2.39. The minimum Gasteiger partial charge on any atom is -0.330 e. The SMILES string of the molecule is CC(C)c1nccn1Cc1cccc(NC(=O)[C@@H](N)C(C)C)c1.Cl. The zero-order chi connectivity index (χ0) is 17.0. The van der Waals surface area contributed by atoms with Crippen LogP contribution in [0.25, 0.3) is 0 Å². The molecule has 0 radical (unpaired) electrons. The minimum absolute atomic E-state index is 0. The molecule has 3 N–H and O–H groups in total. The standard InChI is InChI=1S/C18H26N4O.ClH/c1-12(2)16(19)18(23)21-15-7-5-6-14(10-15)11-22-9-8-20-17(22)13(3)4;/h5-10,12-13,16H,11,19H2,1-4H3,(H,21,23);1H/t16-;/m0./s1. The number of rotatable bonds is 6. The smallest absolute Gasteiger partial charge is 0.241 e. The number of carbonyl (C=O) groups is 1. The number of anilines is 1. The zero-order valence-electron chi connectivity index (χ0n) is 14.7. The molecule has 0 aliphatic heterocycles. The first-order valence-electron chi connectivity index (χ1n) is 8.05. The number of amides is 1. The lowest BCUT2D eigenvalue weighted by Gasteiger charge is -2.16. The second kappa shape index (κ2) is 8.85. The molecule has 2 aromatic rings. The third-order valence-corrected chi connectivity index (χ3v) is 3.83. The molecule has 132 valence electrons. The van der Waals surface area contributed by atoms with Crippen LogP contribution in [-0.2, 0) is 11.3 Å². The van der Waals surface area contributed by atoms with Gasteiger partial charge in [-0.05, 0) is 23.6 Å². The maximum atomic E-state index is 12.1. The van der Waals surface area contributed by atoms with Crippen LogP contribution in [0.2, 0.25) is 0 Å². The van der Waals surface area contributed by atoms with E-state index in [1.807, 2.05) is 50.5 Å². The number of nitrogens with two attached hydrogens (primary N) is 1. The van der Waals surface area contributed by atoms with Crippen molar-refractivity contribution in [2.75, 3.05) is 5.32 Å². The Kier molecular flexibility index (Phi) is 7.45. The summed E-state index contributed by atoms with van der Waals surface area (Å²) in [6.45, 7) is 8.86. The van der Waals surface area contributed by atoms with Gasteiger partial charge in [-0.15, -0.1) is 12.4 Å². The summed E-state index contributed by atoms with van der Waals surface area (Å²) < 4.78 is 2.13. The van der Waals surface area contributed by atoms with Crippen LogP contribution in [0.3, 0.4) is 0 Å². The average Bonchev–Trinajstić information content (AvgIpc) is 2.95. The monoisotopic (exact) mass is 350 g/mol. The Morgan fingerprint density at radius 3 is 2.62 bits per heavy atom. The van der Waals surface area contributed by atoms with Crippen LogP contribution in [0.15, 0.2) is 36.7 Å². The Morgan fingerprint density at radius 1 is 1.29 bits per heavy atom. The van der Waals surface area contributed by atoms with Crippen LogP contribution < -0.4 is 11.1 Å². The molecule has 0 saturated carbocycles. The summed E-state index contributed by atoms with van der Waals surface area (Å²) in [4.78, 5) is 16.5. The molecule has 0 fully saturated rings. The van der Waals surface area contributed by atoms with Crippen LogP contribution in [-0.4, -0.2) is 21.5 Å². The van der Waals surface area contributed by atoms with Crippen molar-refractivity contribution in [1.29, 1.82) is 0 Å². The van der Waals surface area contributed by atoms with E-state index in [0.717, 1.165) is 23.6 Å². The summed E-state index contributed by atoms with van der Waals surface area (Å²) in [6.07, 6.45) is 3.80. The number of nitrogens with zero attached hydrogens (tertiary/aromatic N) is 2. The summed E-state index contributed by atoms with van der Waals surface area (Å²) in [6, 6.07) is 7.35. The van der Waals surface area contributed by atoms with E-state index in [-0.39, 0.29) is 24.2 Å². The molecule has 6 heteroatoms. The van der Waals surface area contributed by atoms with E-state index >= 15 is 0 Å². The first-order valence-corrected chi connectivity index (χ1v) is 8.05. The quantitative estimate of drug-likeness (QED) is 0.838. The summed E-state index contributed by atoms with van der Waals surface area (Å²) in [5.74, 6) is 1.39. The number of nitrogens with one attached hydrogen (secondary N) is 1. The molecule has 24 heavy (non-hydrogen) atoms. The van der Waals surface area contributed by atoms with Gasteiger partial charge in [-0.25, -0.2) is 4.98 Å². The van der Waals surface area contributed by atoms with Gasteiger partial charge in [0.2, 0.25) is 5.91 Å². The molecule has 2 rings (SSSR count). The van der Waals surface area contributed by atoms with Crippen molar-refractivity contribution in [2.45, 2.75) is 46.2 Å². The zero-order valence-corrected chi connectivity index (χ0v) is 15.5. The van der Waals surface area contributed by atoms with Crippen molar-refractivity contribution in [3.05, 3.63) is 48.0 Å². The van der Waals surface area contributed by atoms with Crippen LogP contribution in [0.4, 0.5) is 5.69 Å². The van der Waals surface area contributed by atoms with E-state index < -0.39 is 6.04 Å². The molecule has 0 aliphatic rings. The lowest BCUT2D eigenvalue weighted by molar-refractivity contribution is -0.118. The highest BCUT2D eigenvalue weighted by Crippen LogP contribution is 2.17. The van der Waals surface area contributed by atoms with Crippen molar-refractivity contribution >= 4 is 24.0 Å². The summed E-state index contributed by atoms with van der Waals surface area (Å²) >= 11 is 0. The molecule has 0 bridgehead atoms. The van der Waals surface area contributed by atoms with Crippen molar-refractivity contribution in [3.63, 3.8) is 0 Å². The van der Waals surface area contributed by atoms with Gasteiger partial charge in [0, 0.05) is 30.5 Å². The number of carbonyl (C=O) groups excluding carboxylic acids is 1. The highest BCUT2D eigenvalue weighted by Gasteiger charge is 2.17. The molecule has 1 amide bonds.